The lowest BCUT2D eigenvalue weighted by Gasteiger charge is -2.26. The van der Waals surface area contributed by atoms with Gasteiger partial charge in [0.1, 0.15) is 5.75 Å². The molecule has 0 saturated carbocycles. The van der Waals surface area contributed by atoms with E-state index in [1.807, 2.05) is 14.1 Å². The summed E-state index contributed by atoms with van der Waals surface area (Å²) in [6, 6.07) is 6.53. The standard InChI is InChI=1S/C22H35N5O2.HI/c1-23-22(25-12-9-17-7-8-20-18(16-17)10-15-29-20)24-11-5-14-27-13-4-6-19(27)21(28)26(2)3;/h7-8,16,19H,4-6,9-15H2,1-3H3,(H2,23,24,25);1H. The molecule has 2 aliphatic rings. The van der Waals surface area contributed by atoms with Crippen LogP contribution in [-0.4, -0.2) is 81.6 Å². The average molecular weight is 529 g/mol. The van der Waals surface area contributed by atoms with Gasteiger partial charge >= 0.3 is 0 Å². The van der Waals surface area contributed by atoms with E-state index in [1.165, 1.54) is 11.1 Å². The highest BCUT2D eigenvalue weighted by Gasteiger charge is 2.30. The Kier molecular flexibility index (Phi) is 10.2. The van der Waals surface area contributed by atoms with Crippen molar-refractivity contribution >= 4 is 35.8 Å². The highest BCUT2D eigenvalue weighted by molar-refractivity contribution is 14.0. The van der Waals surface area contributed by atoms with Gasteiger partial charge in [0.05, 0.1) is 12.6 Å². The van der Waals surface area contributed by atoms with E-state index in [-0.39, 0.29) is 35.9 Å². The average Bonchev–Trinajstić information content (AvgIpc) is 3.37. The molecule has 0 bridgehead atoms. The summed E-state index contributed by atoms with van der Waals surface area (Å²) in [5.41, 5.74) is 2.64. The van der Waals surface area contributed by atoms with Gasteiger partial charge in [0.15, 0.2) is 5.96 Å². The zero-order valence-electron chi connectivity index (χ0n) is 18.4. The molecular weight excluding hydrogens is 493 g/mol. The molecular formula is C22H36IN5O2. The van der Waals surface area contributed by atoms with Gasteiger partial charge in [0, 0.05) is 47.2 Å². The quantitative estimate of drug-likeness (QED) is 0.233. The number of hydrogen-bond acceptors (Lipinski definition) is 4. The van der Waals surface area contributed by atoms with Gasteiger partial charge in [-0.3, -0.25) is 14.7 Å². The Morgan fingerprint density at radius 1 is 1.30 bits per heavy atom. The molecule has 30 heavy (non-hydrogen) atoms. The van der Waals surface area contributed by atoms with Gasteiger partial charge in [-0.2, -0.15) is 0 Å². The number of halogens is 1. The number of carbonyl (C=O) groups excluding carboxylic acids is 1. The number of nitrogens with one attached hydrogen (secondary N) is 2. The van der Waals surface area contributed by atoms with E-state index in [0.717, 1.165) is 76.6 Å². The Labute approximate surface area is 197 Å². The van der Waals surface area contributed by atoms with Crippen molar-refractivity contribution in [2.45, 2.75) is 38.1 Å². The molecule has 1 atom stereocenters. The molecule has 1 unspecified atom stereocenters. The topological polar surface area (TPSA) is 69.2 Å². The number of carbonyl (C=O) groups is 1. The summed E-state index contributed by atoms with van der Waals surface area (Å²) in [5.74, 6) is 2.09. The second-order valence-corrected chi connectivity index (χ2v) is 8.00. The molecule has 168 valence electrons. The molecule has 1 amide bonds. The minimum atomic E-state index is 0. The van der Waals surface area contributed by atoms with Crippen molar-refractivity contribution in [3.63, 3.8) is 0 Å². The predicted octanol–water partition coefficient (Wildman–Crippen LogP) is 1.89. The van der Waals surface area contributed by atoms with Crippen LogP contribution in [0.2, 0.25) is 0 Å². The molecule has 0 radical (unpaired) electrons. The number of fused-ring (bicyclic) bond motifs is 1. The normalized spacial score (nSPS) is 18.4. The third-order valence-electron chi connectivity index (χ3n) is 5.69. The van der Waals surface area contributed by atoms with Crippen LogP contribution in [0.4, 0.5) is 0 Å². The fourth-order valence-corrected chi connectivity index (χ4v) is 4.10. The summed E-state index contributed by atoms with van der Waals surface area (Å²) in [4.78, 5) is 20.6. The number of benzene rings is 1. The minimum Gasteiger partial charge on any atom is -0.493 e. The van der Waals surface area contributed by atoms with Crippen molar-refractivity contribution in [2.75, 3.05) is 53.9 Å². The first kappa shape index (κ1) is 24.7. The summed E-state index contributed by atoms with van der Waals surface area (Å²) in [5, 5.41) is 6.77. The van der Waals surface area contributed by atoms with Gasteiger partial charge in [0.2, 0.25) is 5.91 Å². The number of amides is 1. The van der Waals surface area contributed by atoms with Gasteiger partial charge in [-0.25, -0.2) is 0 Å². The second-order valence-electron chi connectivity index (χ2n) is 8.00. The van der Waals surface area contributed by atoms with E-state index in [0.29, 0.717) is 0 Å². The van der Waals surface area contributed by atoms with E-state index in [2.05, 4.69) is 38.7 Å². The van der Waals surface area contributed by atoms with E-state index in [1.54, 1.807) is 11.9 Å². The maximum Gasteiger partial charge on any atom is 0.239 e. The lowest BCUT2D eigenvalue weighted by molar-refractivity contribution is -0.133. The number of rotatable bonds is 8. The fourth-order valence-electron chi connectivity index (χ4n) is 4.10. The largest absolute Gasteiger partial charge is 0.493 e. The van der Waals surface area contributed by atoms with Crippen LogP contribution in [0, 0.1) is 0 Å². The van der Waals surface area contributed by atoms with Crippen LogP contribution in [0.5, 0.6) is 5.75 Å². The van der Waals surface area contributed by atoms with Crippen molar-refractivity contribution in [1.29, 1.82) is 0 Å². The van der Waals surface area contributed by atoms with Crippen LogP contribution >= 0.6 is 24.0 Å². The molecule has 8 heteroatoms. The van der Waals surface area contributed by atoms with Crippen LogP contribution in [0.1, 0.15) is 30.4 Å². The van der Waals surface area contributed by atoms with Crippen LogP contribution in [-0.2, 0) is 17.6 Å². The molecule has 1 fully saturated rings. The van der Waals surface area contributed by atoms with Crippen molar-refractivity contribution < 1.29 is 9.53 Å². The first-order chi connectivity index (χ1) is 14.1. The monoisotopic (exact) mass is 529 g/mol. The highest BCUT2D eigenvalue weighted by Crippen LogP contribution is 2.25. The summed E-state index contributed by atoms with van der Waals surface area (Å²) >= 11 is 0. The summed E-state index contributed by atoms with van der Waals surface area (Å²) in [6.07, 6.45) is 5.04. The first-order valence-electron chi connectivity index (χ1n) is 10.7. The maximum atomic E-state index is 12.3. The Morgan fingerprint density at radius 3 is 2.87 bits per heavy atom. The van der Waals surface area contributed by atoms with Crippen LogP contribution in [0.15, 0.2) is 23.2 Å². The molecule has 7 nitrogen and oxygen atoms in total. The zero-order chi connectivity index (χ0) is 20.6. The summed E-state index contributed by atoms with van der Waals surface area (Å²) < 4.78 is 5.57. The molecule has 2 heterocycles. The SMILES string of the molecule is CN=C(NCCCN1CCCC1C(=O)N(C)C)NCCc1ccc2c(c1)CCO2.I. The Morgan fingerprint density at radius 2 is 2.10 bits per heavy atom. The lowest BCUT2D eigenvalue weighted by atomic mass is 10.1. The van der Waals surface area contributed by atoms with E-state index in [4.69, 9.17) is 4.74 Å². The van der Waals surface area contributed by atoms with Crippen LogP contribution in [0.25, 0.3) is 0 Å². The number of guanidine groups is 1. The minimum absolute atomic E-state index is 0. The smallest absolute Gasteiger partial charge is 0.239 e. The molecule has 0 aliphatic carbocycles. The van der Waals surface area contributed by atoms with Crippen molar-refractivity contribution in [3.05, 3.63) is 29.3 Å². The Hall–Kier alpha value is -1.55. The van der Waals surface area contributed by atoms with Crippen LogP contribution < -0.4 is 15.4 Å². The van der Waals surface area contributed by atoms with Crippen molar-refractivity contribution in [2.24, 2.45) is 4.99 Å². The Balaban J connectivity index is 0.00000320. The predicted molar refractivity (Wildman–Crippen MR) is 132 cm³/mol. The number of likely N-dealkylation sites (N-methyl/N-ethyl adjacent to an activating group) is 1. The molecule has 3 rings (SSSR count). The third-order valence-corrected chi connectivity index (χ3v) is 5.69. The van der Waals surface area contributed by atoms with Gasteiger partial charge in [-0.05, 0) is 49.4 Å². The van der Waals surface area contributed by atoms with Crippen molar-refractivity contribution in [1.82, 2.24) is 20.4 Å². The summed E-state index contributed by atoms with van der Waals surface area (Å²) in [6.45, 7) is 4.43. The Bertz CT molecular complexity index is 725. The van der Waals surface area contributed by atoms with Gasteiger partial charge in [-0.1, -0.05) is 12.1 Å². The molecule has 2 N–H and O–H groups in total. The van der Waals surface area contributed by atoms with E-state index in [9.17, 15) is 4.79 Å². The number of aliphatic imine (C=N–C) groups is 1. The molecule has 1 saturated heterocycles. The molecule has 1 aromatic carbocycles. The zero-order valence-corrected chi connectivity index (χ0v) is 20.8. The molecule has 2 aliphatic heterocycles. The number of hydrogen-bond donors (Lipinski definition) is 2. The second kappa shape index (κ2) is 12.3. The lowest BCUT2D eigenvalue weighted by Crippen LogP contribution is -2.44. The van der Waals surface area contributed by atoms with Gasteiger partial charge in [0.25, 0.3) is 0 Å². The molecule has 0 aromatic heterocycles. The number of ether oxygens (including phenoxy) is 1. The van der Waals surface area contributed by atoms with Gasteiger partial charge < -0.3 is 20.3 Å². The number of nitrogens with zero attached hydrogens (tertiary/aromatic N) is 3. The molecule has 1 aromatic rings. The summed E-state index contributed by atoms with van der Waals surface area (Å²) in [7, 11) is 5.48. The molecule has 0 spiro atoms. The highest BCUT2D eigenvalue weighted by atomic mass is 127. The van der Waals surface area contributed by atoms with E-state index >= 15 is 0 Å². The third kappa shape index (κ3) is 6.73. The maximum absolute atomic E-state index is 12.3. The fraction of sp³-hybridized carbons (Fsp3) is 0.636. The van der Waals surface area contributed by atoms with E-state index < -0.39 is 0 Å². The first-order valence-corrected chi connectivity index (χ1v) is 10.7. The van der Waals surface area contributed by atoms with Crippen LogP contribution in [0.3, 0.4) is 0 Å². The van der Waals surface area contributed by atoms with Gasteiger partial charge in [-0.15, -0.1) is 24.0 Å². The number of likely N-dealkylation sites (tertiary alicyclic amines) is 1. The van der Waals surface area contributed by atoms with Crippen molar-refractivity contribution in [3.8, 4) is 5.75 Å².